The van der Waals surface area contributed by atoms with Crippen molar-refractivity contribution >= 4 is 17.0 Å². The lowest BCUT2D eigenvalue weighted by Gasteiger charge is -2.21. The van der Waals surface area contributed by atoms with Crippen molar-refractivity contribution in [2.75, 3.05) is 25.5 Å². The summed E-state index contributed by atoms with van der Waals surface area (Å²) in [4.78, 5) is 3.53. The maximum absolute atomic E-state index is 3.67. The van der Waals surface area contributed by atoms with Crippen LogP contribution in [0, 0.1) is 6.92 Å². The normalized spacial score (nSPS) is 12.4. The second-order valence-electron chi connectivity index (χ2n) is 5.31. The first-order chi connectivity index (χ1) is 9.63. The van der Waals surface area contributed by atoms with Gasteiger partial charge in [0.2, 0.25) is 0 Å². The Hall–Kier alpha value is -1.32. The predicted molar refractivity (Wildman–Crippen MR) is 90.0 cm³/mol. The SMILES string of the molecule is CCCNC(c1ccc(N(C)C)cc1)c1ccsc1C. The first-order valence-corrected chi connectivity index (χ1v) is 8.06. The fourth-order valence-electron chi connectivity index (χ4n) is 2.36. The molecule has 0 amide bonds. The van der Waals surface area contributed by atoms with Crippen LogP contribution in [0.4, 0.5) is 5.69 Å². The maximum atomic E-state index is 3.67. The summed E-state index contributed by atoms with van der Waals surface area (Å²) in [5, 5.41) is 5.85. The molecule has 0 bridgehead atoms. The van der Waals surface area contributed by atoms with Crippen molar-refractivity contribution < 1.29 is 0 Å². The van der Waals surface area contributed by atoms with Gasteiger partial charge in [-0.05, 0) is 54.6 Å². The number of nitrogens with zero attached hydrogens (tertiary/aromatic N) is 1. The van der Waals surface area contributed by atoms with E-state index in [0.29, 0.717) is 6.04 Å². The molecule has 1 N–H and O–H groups in total. The molecule has 1 atom stereocenters. The van der Waals surface area contributed by atoms with E-state index in [1.165, 1.54) is 21.7 Å². The molecule has 3 heteroatoms. The van der Waals surface area contributed by atoms with Crippen LogP contribution in [0.1, 0.15) is 35.4 Å². The van der Waals surface area contributed by atoms with Crippen molar-refractivity contribution in [1.29, 1.82) is 0 Å². The van der Waals surface area contributed by atoms with Crippen LogP contribution in [-0.4, -0.2) is 20.6 Å². The highest BCUT2D eigenvalue weighted by Gasteiger charge is 2.16. The Kier molecular flexibility index (Phi) is 5.21. The van der Waals surface area contributed by atoms with E-state index in [1.807, 2.05) is 11.3 Å². The van der Waals surface area contributed by atoms with Crippen molar-refractivity contribution in [3.63, 3.8) is 0 Å². The summed E-state index contributed by atoms with van der Waals surface area (Å²) >= 11 is 1.82. The number of benzene rings is 1. The predicted octanol–water partition coefficient (Wildman–Crippen LogP) is 4.21. The Morgan fingerprint density at radius 3 is 2.35 bits per heavy atom. The van der Waals surface area contributed by atoms with E-state index in [1.54, 1.807) is 0 Å². The lowest BCUT2D eigenvalue weighted by Crippen LogP contribution is -2.23. The van der Waals surface area contributed by atoms with Crippen molar-refractivity contribution in [3.8, 4) is 0 Å². The molecular weight excluding hydrogens is 264 g/mol. The summed E-state index contributed by atoms with van der Waals surface area (Å²) < 4.78 is 0. The average molecular weight is 288 g/mol. The summed E-state index contributed by atoms with van der Waals surface area (Å²) in [7, 11) is 4.15. The minimum Gasteiger partial charge on any atom is -0.378 e. The molecule has 0 fully saturated rings. The van der Waals surface area contributed by atoms with Gasteiger partial charge in [0.15, 0.2) is 0 Å². The number of nitrogens with one attached hydrogen (secondary N) is 1. The number of anilines is 1. The number of aryl methyl sites for hydroxylation is 1. The Morgan fingerprint density at radius 2 is 1.85 bits per heavy atom. The smallest absolute Gasteiger partial charge is 0.0587 e. The number of hydrogen-bond donors (Lipinski definition) is 1. The second-order valence-corrected chi connectivity index (χ2v) is 6.43. The zero-order valence-corrected chi connectivity index (χ0v) is 13.6. The first kappa shape index (κ1) is 15.1. The van der Waals surface area contributed by atoms with Gasteiger partial charge in [-0.25, -0.2) is 0 Å². The Balaban J connectivity index is 2.29. The van der Waals surface area contributed by atoms with Crippen LogP contribution in [-0.2, 0) is 0 Å². The van der Waals surface area contributed by atoms with Crippen LogP contribution >= 0.6 is 11.3 Å². The topological polar surface area (TPSA) is 15.3 Å². The molecule has 0 saturated heterocycles. The maximum Gasteiger partial charge on any atom is 0.0587 e. The van der Waals surface area contributed by atoms with Gasteiger partial charge in [0.05, 0.1) is 6.04 Å². The zero-order valence-electron chi connectivity index (χ0n) is 12.8. The number of thiophene rings is 1. The highest BCUT2D eigenvalue weighted by atomic mass is 32.1. The van der Waals surface area contributed by atoms with Crippen LogP contribution in [0.5, 0.6) is 0 Å². The minimum absolute atomic E-state index is 0.303. The molecular formula is C17H24N2S. The van der Waals surface area contributed by atoms with E-state index in [4.69, 9.17) is 0 Å². The largest absolute Gasteiger partial charge is 0.378 e. The van der Waals surface area contributed by atoms with Crippen molar-refractivity contribution in [1.82, 2.24) is 5.32 Å². The molecule has 0 aliphatic carbocycles. The molecule has 2 aromatic rings. The third-order valence-electron chi connectivity index (χ3n) is 3.55. The highest BCUT2D eigenvalue weighted by molar-refractivity contribution is 7.10. The summed E-state index contributed by atoms with van der Waals surface area (Å²) in [6.07, 6.45) is 1.15. The molecule has 0 spiro atoms. The highest BCUT2D eigenvalue weighted by Crippen LogP contribution is 2.29. The Labute approximate surface area is 126 Å². The van der Waals surface area contributed by atoms with Gasteiger partial charge >= 0.3 is 0 Å². The van der Waals surface area contributed by atoms with Gasteiger partial charge in [-0.1, -0.05) is 19.1 Å². The average Bonchev–Trinajstić information content (AvgIpc) is 2.86. The third kappa shape index (κ3) is 3.41. The summed E-state index contributed by atoms with van der Waals surface area (Å²) in [6.45, 7) is 5.45. The minimum atomic E-state index is 0.303. The molecule has 1 aromatic carbocycles. The first-order valence-electron chi connectivity index (χ1n) is 7.18. The van der Waals surface area contributed by atoms with E-state index >= 15 is 0 Å². The van der Waals surface area contributed by atoms with Crippen LogP contribution < -0.4 is 10.2 Å². The summed E-state index contributed by atoms with van der Waals surface area (Å²) in [6, 6.07) is 11.4. The molecule has 0 saturated carbocycles. The lowest BCUT2D eigenvalue weighted by atomic mass is 9.99. The monoisotopic (exact) mass is 288 g/mol. The Morgan fingerprint density at radius 1 is 1.15 bits per heavy atom. The van der Waals surface area contributed by atoms with E-state index in [-0.39, 0.29) is 0 Å². The Bertz CT molecular complexity index is 528. The van der Waals surface area contributed by atoms with Crippen LogP contribution in [0.2, 0.25) is 0 Å². The van der Waals surface area contributed by atoms with Crippen molar-refractivity contribution in [2.24, 2.45) is 0 Å². The molecule has 0 aliphatic heterocycles. The van der Waals surface area contributed by atoms with Gasteiger partial charge in [0, 0.05) is 24.7 Å². The standard InChI is InChI=1S/C17H24N2S/c1-5-11-18-17(16-10-12-20-13(16)2)14-6-8-15(9-7-14)19(3)4/h6-10,12,17-18H,5,11H2,1-4H3. The molecule has 1 heterocycles. The van der Waals surface area contributed by atoms with E-state index in [9.17, 15) is 0 Å². The van der Waals surface area contributed by atoms with E-state index in [0.717, 1.165) is 13.0 Å². The number of hydrogen-bond acceptors (Lipinski definition) is 3. The molecule has 2 rings (SSSR count). The molecule has 108 valence electrons. The summed E-state index contributed by atoms with van der Waals surface area (Å²) in [5.41, 5.74) is 3.98. The third-order valence-corrected chi connectivity index (χ3v) is 4.41. The molecule has 1 aromatic heterocycles. The fraction of sp³-hybridized carbons (Fsp3) is 0.412. The van der Waals surface area contributed by atoms with Gasteiger partial charge in [-0.15, -0.1) is 11.3 Å². The van der Waals surface area contributed by atoms with Gasteiger partial charge < -0.3 is 10.2 Å². The van der Waals surface area contributed by atoms with Crippen LogP contribution in [0.25, 0.3) is 0 Å². The van der Waals surface area contributed by atoms with Gasteiger partial charge in [-0.2, -0.15) is 0 Å². The van der Waals surface area contributed by atoms with E-state index in [2.05, 4.69) is 73.9 Å². The molecule has 20 heavy (non-hydrogen) atoms. The zero-order chi connectivity index (χ0) is 14.5. The van der Waals surface area contributed by atoms with Crippen LogP contribution in [0.3, 0.4) is 0 Å². The molecule has 0 radical (unpaired) electrons. The lowest BCUT2D eigenvalue weighted by molar-refractivity contribution is 0.598. The van der Waals surface area contributed by atoms with Gasteiger partial charge in [-0.3, -0.25) is 0 Å². The van der Waals surface area contributed by atoms with Crippen LogP contribution in [0.15, 0.2) is 35.7 Å². The molecule has 1 unspecified atom stereocenters. The van der Waals surface area contributed by atoms with Gasteiger partial charge in [0.1, 0.15) is 0 Å². The van der Waals surface area contributed by atoms with E-state index < -0.39 is 0 Å². The molecule has 2 nitrogen and oxygen atoms in total. The quantitative estimate of drug-likeness (QED) is 0.856. The molecule has 0 aliphatic rings. The van der Waals surface area contributed by atoms with Gasteiger partial charge in [0.25, 0.3) is 0 Å². The fourth-order valence-corrected chi connectivity index (χ4v) is 3.10. The van der Waals surface area contributed by atoms with Crippen molar-refractivity contribution in [2.45, 2.75) is 26.3 Å². The number of rotatable bonds is 6. The second kappa shape index (κ2) is 6.91. The summed E-state index contributed by atoms with van der Waals surface area (Å²) in [5.74, 6) is 0. The van der Waals surface area contributed by atoms with Crippen molar-refractivity contribution in [3.05, 3.63) is 51.7 Å².